The summed E-state index contributed by atoms with van der Waals surface area (Å²) in [7, 11) is -4.33. The minimum Gasteiger partial charge on any atom is -0.345 e. The second-order valence-corrected chi connectivity index (χ2v) is 13.0. The summed E-state index contributed by atoms with van der Waals surface area (Å²) in [6, 6.07) is 3.35. The Kier molecular flexibility index (Phi) is 7.15. The number of ketones is 1. The highest BCUT2D eigenvalue weighted by atomic mass is 32.2. The van der Waals surface area contributed by atoms with Crippen LogP contribution in [0.5, 0.6) is 0 Å². The predicted octanol–water partition coefficient (Wildman–Crippen LogP) is 3.12. The van der Waals surface area contributed by atoms with Crippen LogP contribution in [0.1, 0.15) is 41.0 Å². The van der Waals surface area contributed by atoms with Crippen molar-refractivity contribution in [1.82, 2.24) is 34.5 Å². The van der Waals surface area contributed by atoms with Gasteiger partial charge in [-0.1, -0.05) is 0 Å². The Morgan fingerprint density at radius 2 is 1.75 bits per heavy atom. The molecule has 0 unspecified atom stereocenters. The number of benzene rings is 1. The summed E-state index contributed by atoms with van der Waals surface area (Å²) in [5, 5.41) is 3.68. The summed E-state index contributed by atoms with van der Waals surface area (Å²) >= 11 is 0. The molecule has 0 radical (unpaired) electrons. The Morgan fingerprint density at radius 3 is 2.43 bits per heavy atom. The van der Waals surface area contributed by atoms with Crippen molar-refractivity contribution in [2.75, 3.05) is 44.0 Å². The second-order valence-electron chi connectivity index (χ2n) is 11.4. The van der Waals surface area contributed by atoms with Gasteiger partial charge >= 0.3 is 10.2 Å². The molecule has 5 heterocycles. The van der Waals surface area contributed by atoms with Gasteiger partial charge in [-0.3, -0.25) is 14.4 Å². The van der Waals surface area contributed by atoms with Crippen LogP contribution >= 0.6 is 0 Å². The van der Waals surface area contributed by atoms with Gasteiger partial charge in [0.15, 0.2) is 5.82 Å². The number of aromatic amines is 1. The third-order valence-corrected chi connectivity index (χ3v) is 10.1. The second kappa shape index (κ2) is 10.9. The molecule has 1 saturated carbocycles. The Labute approximate surface area is 251 Å². The van der Waals surface area contributed by atoms with Gasteiger partial charge in [0.05, 0.1) is 16.8 Å². The van der Waals surface area contributed by atoms with Crippen molar-refractivity contribution in [2.24, 2.45) is 0 Å². The molecule has 0 bridgehead atoms. The van der Waals surface area contributed by atoms with Gasteiger partial charge in [0.2, 0.25) is 5.78 Å². The van der Waals surface area contributed by atoms with Gasteiger partial charge in [0, 0.05) is 86.1 Å². The number of carbonyl (C=O) groups is 1. The van der Waals surface area contributed by atoms with Gasteiger partial charge in [0.25, 0.3) is 0 Å². The molecule has 4 aromatic rings. The van der Waals surface area contributed by atoms with Crippen LogP contribution in [0.3, 0.4) is 0 Å². The average Bonchev–Trinajstić information content (AvgIpc) is 3.53. The van der Waals surface area contributed by atoms with Crippen molar-refractivity contribution in [3.05, 3.63) is 71.6 Å². The van der Waals surface area contributed by atoms with E-state index >= 15 is 4.39 Å². The summed E-state index contributed by atoms with van der Waals surface area (Å²) in [5.74, 6) is -2.78. The van der Waals surface area contributed by atoms with Crippen LogP contribution in [0.2, 0.25) is 0 Å². The van der Waals surface area contributed by atoms with E-state index in [0.29, 0.717) is 22.2 Å². The summed E-state index contributed by atoms with van der Waals surface area (Å²) in [4.78, 5) is 32.5. The Morgan fingerprint density at radius 1 is 1.02 bits per heavy atom. The van der Waals surface area contributed by atoms with Crippen LogP contribution in [-0.4, -0.2) is 88.8 Å². The number of nitrogens with one attached hydrogen (secondary N) is 3. The highest BCUT2D eigenvalue weighted by molar-refractivity contribution is 7.90. The van der Waals surface area contributed by atoms with E-state index in [-0.39, 0.29) is 30.6 Å². The molecule has 0 amide bonds. The SMILES string of the molecule is O=C(c1c(F)ccc(NS(=O)(=O)N2CC[C@@H](F)C2)c1F)c1c[nH]c2ncc(-c3cnc(C4(N5CCNCC5)CC4)nc3)cc12. The number of alkyl halides is 1. The molecule has 1 aromatic carbocycles. The highest BCUT2D eigenvalue weighted by Crippen LogP contribution is 2.49. The zero-order valence-corrected chi connectivity index (χ0v) is 24.3. The minimum atomic E-state index is -4.33. The topological polar surface area (TPSA) is 136 Å². The molecule has 7 rings (SSSR count). The Bertz CT molecular complexity index is 1860. The molecule has 44 heavy (non-hydrogen) atoms. The first kappa shape index (κ1) is 28.8. The summed E-state index contributed by atoms with van der Waals surface area (Å²) in [6.07, 6.45) is 6.99. The molecular weight excluding hydrogens is 597 g/mol. The zero-order valence-electron chi connectivity index (χ0n) is 23.5. The van der Waals surface area contributed by atoms with Crippen molar-refractivity contribution >= 4 is 32.7 Å². The third-order valence-electron chi connectivity index (χ3n) is 8.61. The molecule has 3 N–H and O–H groups in total. The molecule has 2 aliphatic heterocycles. The number of fused-ring (bicyclic) bond motifs is 1. The number of hydrogen-bond acceptors (Lipinski definition) is 8. The molecular formula is C29H29F3N8O3S. The maximum Gasteiger partial charge on any atom is 0.301 e. The third kappa shape index (κ3) is 5.02. The van der Waals surface area contributed by atoms with E-state index in [2.05, 4.69) is 30.2 Å². The Balaban J connectivity index is 1.17. The minimum absolute atomic E-state index is 0.0146. The first-order chi connectivity index (χ1) is 21.2. The average molecular weight is 627 g/mol. The van der Waals surface area contributed by atoms with Crippen molar-refractivity contribution < 1.29 is 26.4 Å². The van der Waals surface area contributed by atoms with E-state index in [0.717, 1.165) is 61.3 Å². The lowest BCUT2D eigenvalue weighted by atomic mass is 10.0. The van der Waals surface area contributed by atoms with E-state index in [9.17, 15) is 22.0 Å². The number of H-pyrrole nitrogens is 1. The van der Waals surface area contributed by atoms with Gasteiger partial charge in [-0.05, 0) is 37.5 Å². The predicted molar refractivity (Wildman–Crippen MR) is 156 cm³/mol. The molecule has 2 saturated heterocycles. The van der Waals surface area contributed by atoms with Crippen molar-refractivity contribution in [1.29, 1.82) is 0 Å². The van der Waals surface area contributed by atoms with Gasteiger partial charge in [-0.25, -0.2) is 28.1 Å². The van der Waals surface area contributed by atoms with E-state index in [1.165, 1.54) is 6.20 Å². The number of aromatic nitrogens is 4. The number of anilines is 1. The zero-order chi connectivity index (χ0) is 30.6. The largest absolute Gasteiger partial charge is 0.345 e. The fourth-order valence-electron chi connectivity index (χ4n) is 6.04. The molecule has 3 aromatic heterocycles. The lowest BCUT2D eigenvalue weighted by Gasteiger charge is -2.34. The molecule has 15 heteroatoms. The normalized spacial score (nSPS) is 20.7. The van der Waals surface area contributed by atoms with Crippen LogP contribution in [0.4, 0.5) is 18.9 Å². The molecule has 11 nitrogen and oxygen atoms in total. The molecule has 1 aliphatic carbocycles. The van der Waals surface area contributed by atoms with Crippen LogP contribution in [-0.2, 0) is 15.7 Å². The molecule has 0 spiro atoms. The van der Waals surface area contributed by atoms with Gasteiger partial charge < -0.3 is 10.3 Å². The number of pyridine rings is 1. The number of nitrogens with zero attached hydrogens (tertiary/aromatic N) is 5. The van der Waals surface area contributed by atoms with Gasteiger partial charge in [0.1, 0.15) is 23.5 Å². The molecule has 1 atom stereocenters. The number of halogens is 3. The van der Waals surface area contributed by atoms with Crippen molar-refractivity contribution in [2.45, 2.75) is 31.0 Å². The summed E-state index contributed by atoms with van der Waals surface area (Å²) in [6.45, 7) is 3.26. The summed E-state index contributed by atoms with van der Waals surface area (Å²) in [5.41, 5.74) is -0.171. The first-order valence-electron chi connectivity index (χ1n) is 14.4. The number of hydrogen-bond donors (Lipinski definition) is 3. The fraction of sp³-hybridized carbons (Fsp3) is 0.379. The molecule has 230 valence electrons. The number of rotatable bonds is 8. The monoisotopic (exact) mass is 626 g/mol. The highest BCUT2D eigenvalue weighted by Gasteiger charge is 2.52. The first-order valence-corrected chi connectivity index (χ1v) is 15.8. The Hall–Kier alpha value is -3.92. The molecule has 3 fully saturated rings. The van der Waals surface area contributed by atoms with Crippen LogP contribution in [0.25, 0.3) is 22.2 Å². The van der Waals surface area contributed by atoms with Crippen LogP contribution < -0.4 is 10.0 Å². The standard InChI is InChI=1S/C29H29F3N8O3S/c30-19-3-8-40(16-19)44(42,43)38-23-2-1-22(31)24(25(23)32)26(41)21-15-35-27-20(21)11-17(12-34-27)18-13-36-28(37-14-18)29(4-5-29)39-9-6-33-7-10-39/h1-2,11-15,19,33,38H,3-10,16H2,(H,34,35)/t19-/m1/s1. The van der Waals surface area contributed by atoms with E-state index in [1.807, 2.05) is 4.72 Å². The van der Waals surface area contributed by atoms with Crippen molar-refractivity contribution in [3.8, 4) is 11.1 Å². The van der Waals surface area contributed by atoms with E-state index in [4.69, 9.17) is 0 Å². The van der Waals surface area contributed by atoms with Crippen LogP contribution in [0.15, 0.2) is 43.0 Å². The lowest BCUT2D eigenvalue weighted by Crippen LogP contribution is -2.49. The van der Waals surface area contributed by atoms with Crippen molar-refractivity contribution in [3.63, 3.8) is 0 Å². The fourth-order valence-corrected chi connectivity index (χ4v) is 7.31. The molecule has 3 aliphatic rings. The maximum absolute atomic E-state index is 15.6. The smallest absolute Gasteiger partial charge is 0.301 e. The van der Waals surface area contributed by atoms with E-state index < -0.39 is 45.0 Å². The quantitative estimate of drug-likeness (QED) is 0.254. The lowest BCUT2D eigenvalue weighted by molar-refractivity contribution is 0.103. The van der Waals surface area contributed by atoms with Gasteiger partial charge in [-0.15, -0.1) is 0 Å². The number of carbonyl (C=O) groups excluding carboxylic acids is 1. The maximum atomic E-state index is 15.6. The van der Waals surface area contributed by atoms with Crippen LogP contribution in [0, 0.1) is 11.6 Å². The van der Waals surface area contributed by atoms with Gasteiger partial charge in [-0.2, -0.15) is 12.7 Å². The van der Waals surface area contributed by atoms with E-state index in [1.54, 1.807) is 24.7 Å². The summed E-state index contributed by atoms with van der Waals surface area (Å²) < 4.78 is 72.3. The number of piperazine rings is 1.